The van der Waals surface area contributed by atoms with E-state index in [1.165, 1.54) is 24.3 Å². The first kappa shape index (κ1) is 24.3. The summed E-state index contributed by atoms with van der Waals surface area (Å²) in [4.78, 5) is 25.9. The highest BCUT2D eigenvalue weighted by Crippen LogP contribution is 2.35. The molecule has 2 atom stereocenters. The van der Waals surface area contributed by atoms with Crippen molar-refractivity contribution in [2.24, 2.45) is 0 Å². The van der Waals surface area contributed by atoms with Crippen molar-refractivity contribution in [2.45, 2.75) is 24.0 Å². The number of hydrogen-bond donors (Lipinski definition) is 4. The van der Waals surface area contributed by atoms with E-state index in [-0.39, 0.29) is 34.3 Å². The third kappa shape index (κ3) is 4.56. The molecule has 4 N–H and O–H groups in total. The zero-order chi connectivity index (χ0) is 25.5. The Bertz CT molecular complexity index is 1340. The molecule has 0 spiro atoms. The smallest absolute Gasteiger partial charge is 0.260 e. The van der Waals surface area contributed by atoms with Crippen LogP contribution in [0.1, 0.15) is 22.3 Å². The second-order valence-corrected chi connectivity index (χ2v) is 9.80. The van der Waals surface area contributed by atoms with E-state index in [0.717, 1.165) is 22.3 Å². The Morgan fingerprint density at radius 2 is 1.08 bits per heavy atom. The second-order valence-electron chi connectivity index (χ2n) is 8.99. The minimum Gasteiger partial charge on any atom is -0.375 e. The van der Waals surface area contributed by atoms with Gasteiger partial charge in [0.05, 0.1) is 21.4 Å². The van der Waals surface area contributed by atoms with E-state index in [1.54, 1.807) is 12.2 Å². The number of carbonyl (C=O) groups is 2. The lowest BCUT2D eigenvalue weighted by atomic mass is 9.85. The number of anilines is 2. The molecule has 182 valence electrons. The summed E-state index contributed by atoms with van der Waals surface area (Å²) >= 11 is 12.8. The van der Waals surface area contributed by atoms with Gasteiger partial charge in [-0.15, -0.1) is 0 Å². The number of nitrogens with one attached hydrogen (secondary N) is 2. The van der Waals surface area contributed by atoms with Gasteiger partial charge in [0.15, 0.2) is 11.2 Å². The third-order valence-electron chi connectivity index (χ3n) is 6.45. The lowest BCUT2D eigenvalue weighted by molar-refractivity contribution is -0.130. The van der Waals surface area contributed by atoms with E-state index < -0.39 is 23.0 Å². The van der Waals surface area contributed by atoms with Gasteiger partial charge in [0.1, 0.15) is 0 Å². The summed E-state index contributed by atoms with van der Waals surface area (Å²) in [6.45, 7) is 0. The predicted molar refractivity (Wildman–Crippen MR) is 142 cm³/mol. The fourth-order valence-corrected chi connectivity index (χ4v) is 4.80. The zero-order valence-corrected chi connectivity index (χ0v) is 20.5. The summed E-state index contributed by atoms with van der Waals surface area (Å²) in [7, 11) is 0. The van der Waals surface area contributed by atoms with Crippen LogP contribution in [-0.2, 0) is 22.4 Å². The number of halogens is 2. The Morgan fingerprint density at radius 3 is 1.50 bits per heavy atom. The van der Waals surface area contributed by atoms with Gasteiger partial charge < -0.3 is 20.8 Å². The lowest BCUT2D eigenvalue weighted by Crippen LogP contribution is -2.44. The quantitative estimate of drug-likeness (QED) is 0.394. The van der Waals surface area contributed by atoms with Crippen molar-refractivity contribution in [2.75, 3.05) is 10.6 Å². The molecule has 3 aromatic rings. The zero-order valence-electron chi connectivity index (χ0n) is 19.0. The molecule has 0 fully saturated rings. The van der Waals surface area contributed by atoms with Gasteiger partial charge in [-0.2, -0.15) is 0 Å². The molecule has 2 aliphatic carbocycles. The number of hydrogen-bond acceptors (Lipinski definition) is 4. The van der Waals surface area contributed by atoms with E-state index in [4.69, 9.17) is 23.2 Å². The van der Waals surface area contributed by atoms with Crippen molar-refractivity contribution < 1.29 is 19.8 Å². The molecular weight excluding hydrogens is 499 g/mol. The van der Waals surface area contributed by atoms with Gasteiger partial charge >= 0.3 is 0 Å². The summed E-state index contributed by atoms with van der Waals surface area (Å²) in [5.74, 6) is -1.33. The van der Waals surface area contributed by atoms with Crippen LogP contribution in [0.2, 0.25) is 10.0 Å². The first-order valence-electron chi connectivity index (χ1n) is 11.3. The van der Waals surface area contributed by atoms with E-state index in [0.29, 0.717) is 0 Å². The molecule has 0 radical (unpaired) electrons. The SMILES string of the molecule is O=C(Nc1cc(Cl)c(NC(=O)C2(O)C=Cc3ccccc3C2)cc1Cl)C1(O)C=Cc2ccccc2C1. The molecule has 0 saturated heterocycles. The van der Waals surface area contributed by atoms with Crippen molar-refractivity contribution in [3.05, 3.63) is 105 Å². The van der Waals surface area contributed by atoms with Crippen LogP contribution in [0.4, 0.5) is 11.4 Å². The van der Waals surface area contributed by atoms with Gasteiger partial charge in [-0.1, -0.05) is 83.9 Å². The minimum atomic E-state index is -1.76. The summed E-state index contributed by atoms with van der Waals surface area (Å²) in [6, 6.07) is 17.8. The van der Waals surface area contributed by atoms with Crippen LogP contribution in [0.15, 0.2) is 72.8 Å². The highest BCUT2D eigenvalue weighted by atomic mass is 35.5. The normalized spacial score (nSPS) is 21.9. The molecule has 0 aromatic heterocycles. The van der Waals surface area contributed by atoms with E-state index in [2.05, 4.69) is 10.6 Å². The van der Waals surface area contributed by atoms with Crippen LogP contribution in [0.3, 0.4) is 0 Å². The fourth-order valence-electron chi connectivity index (χ4n) is 4.38. The van der Waals surface area contributed by atoms with Gasteiger partial charge in [0.2, 0.25) is 0 Å². The first-order chi connectivity index (χ1) is 17.2. The molecule has 2 amide bonds. The van der Waals surface area contributed by atoms with Crippen molar-refractivity contribution in [1.82, 2.24) is 0 Å². The Morgan fingerprint density at radius 1 is 0.694 bits per heavy atom. The van der Waals surface area contributed by atoms with E-state index >= 15 is 0 Å². The molecule has 0 aliphatic heterocycles. The Balaban J connectivity index is 1.31. The van der Waals surface area contributed by atoms with Gasteiger partial charge in [0.25, 0.3) is 11.8 Å². The molecule has 3 aromatic carbocycles. The molecule has 8 heteroatoms. The van der Waals surface area contributed by atoms with E-state index in [1.807, 2.05) is 48.5 Å². The maximum absolute atomic E-state index is 13.0. The first-order valence-corrected chi connectivity index (χ1v) is 12.0. The van der Waals surface area contributed by atoms with Gasteiger partial charge in [-0.05, 0) is 46.5 Å². The molecule has 0 heterocycles. The number of carbonyl (C=O) groups excluding carboxylic acids is 2. The summed E-state index contributed by atoms with van der Waals surface area (Å²) in [5.41, 5.74) is 0.400. The molecule has 2 unspecified atom stereocenters. The van der Waals surface area contributed by atoms with E-state index in [9.17, 15) is 19.8 Å². The molecule has 0 saturated carbocycles. The number of rotatable bonds is 4. The van der Waals surface area contributed by atoms with Crippen molar-refractivity contribution in [1.29, 1.82) is 0 Å². The average molecular weight is 521 g/mol. The predicted octanol–water partition coefficient (Wildman–Crippen LogP) is 4.87. The highest BCUT2D eigenvalue weighted by molar-refractivity contribution is 6.38. The molecule has 5 rings (SSSR count). The van der Waals surface area contributed by atoms with Gasteiger partial charge in [-0.3, -0.25) is 9.59 Å². The monoisotopic (exact) mass is 520 g/mol. The maximum atomic E-state index is 13.0. The van der Waals surface area contributed by atoms with Crippen LogP contribution in [0.25, 0.3) is 12.2 Å². The van der Waals surface area contributed by atoms with Crippen LogP contribution < -0.4 is 10.6 Å². The Kier molecular flexibility index (Phi) is 6.22. The molecule has 36 heavy (non-hydrogen) atoms. The molecule has 0 bridgehead atoms. The molecular formula is C28H22Cl2N2O4. The molecule has 2 aliphatic rings. The van der Waals surface area contributed by atoms with Crippen LogP contribution in [0.5, 0.6) is 0 Å². The molecule has 6 nitrogen and oxygen atoms in total. The summed E-state index contributed by atoms with van der Waals surface area (Å²) in [5, 5.41) is 27.4. The van der Waals surface area contributed by atoms with Crippen molar-refractivity contribution >= 4 is 58.5 Å². The standard InChI is InChI=1S/C28H22Cl2N2O4/c29-21-14-24(32-26(34)28(36)12-10-18-6-2-4-8-20(18)16-28)22(30)13-23(21)31-25(33)27(35)11-9-17-5-1-3-7-19(17)15-27/h1-14,35-36H,15-16H2,(H,31,33)(H,32,34). The van der Waals surface area contributed by atoms with Crippen LogP contribution >= 0.6 is 23.2 Å². The van der Waals surface area contributed by atoms with Crippen molar-refractivity contribution in [3.63, 3.8) is 0 Å². The fraction of sp³-hybridized carbons (Fsp3) is 0.143. The van der Waals surface area contributed by atoms with Gasteiger partial charge in [0, 0.05) is 12.8 Å². The highest BCUT2D eigenvalue weighted by Gasteiger charge is 2.38. The number of benzene rings is 3. The third-order valence-corrected chi connectivity index (χ3v) is 7.07. The lowest BCUT2D eigenvalue weighted by Gasteiger charge is -2.28. The Hall–Kier alpha value is -3.42. The topological polar surface area (TPSA) is 98.7 Å². The number of amides is 2. The largest absolute Gasteiger partial charge is 0.375 e. The second kappa shape index (κ2) is 9.22. The maximum Gasteiger partial charge on any atom is 0.260 e. The van der Waals surface area contributed by atoms with Crippen LogP contribution in [0, 0.1) is 0 Å². The Labute approximate surface area is 217 Å². The van der Waals surface area contributed by atoms with Crippen LogP contribution in [-0.4, -0.2) is 33.2 Å². The summed E-state index contributed by atoms with van der Waals surface area (Å²) in [6.07, 6.45) is 6.53. The number of fused-ring (bicyclic) bond motifs is 2. The minimum absolute atomic E-state index is 0.100. The average Bonchev–Trinajstić information content (AvgIpc) is 2.86. The summed E-state index contributed by atoms with van der Waals surface area (Å²) < 4.78 is 0. The van der Waals surface area contributed by atoms with Gasteiger partial charge in [-0.25, -0.2) is 0 Å². The number of aliphatic hydroxyl groups is 2. The van der Waals surface area contributed by atoms with Crippen molar-refractivity contribution in [3.8, 4) is 0 Å².